The van der Waals surface area contributed by atoms with E-state index in [9.17, 15) is 9.59 Å². The van der Waals surface area contributed by atoms with Crippen LogP contribution in [0.25, 0.3) is 0 Å². The van der Waals surface area contributed by atoms with Crippen molar-refractivity contribution < 1.29 is 19.4 Å². The number of rotatable bonds is 2. The van der Waals surface area contributed by atoms with E-state index < -0.39 is 11.6 Å². The maximum absolute atomic E-state index is 11.9. The summed E-state index contributed by atoms with van der Waals surface area (Å²) in [5.74, 6) is -0.971. The quantitative estimate of drug-likeness (QED) is 0.844. The van der Waals surface area contributed by atoms with Gasteiger partial charge in [0, 0.05) is 19.0 Å². The number of hydrogen-bond acceptors (Lipinski definition) is 5. The summed E-state index contributed by atoms with van der Waals surface area (Å²) < 4.78 is 5.30. The number of carboxylic acids is 1. The van der Waals surface area contributed by atoms with Crippen molar-refractivity contribution in [1.29, 1.82) is 0 Å². The fraction of sp³-hybridized carbons (Fsp3) is 0.667. The molecule has 0 radical (unpaired) electrons. The lowest BCUT2D eigenvalue weighted by atomic mass is 10.1. The molecule has 2 N–H and O–H groups in total. The van der Waals surface area contributed by atoms with E-state index in [0.717, 1.165) is 0 Å². The van der Waals surface area contributed by atoms with Gasteiger partial charge in [-0.1, -0.05) is 0 Å². The Kier molecular flexibility index (Phi) is 3.65. The number of likely N-dealkylation sites (tertiary alicyclic amines) is 1. The fourth-order valence-corrected chi connectivity index (χ4v) is 2.03. The van der Waals surface area contributed by atoms with Crippen LogP contribution in [0.2, 0.25) is 0 Å². The number of carboxylic acid groups (broad SMARTS) is 1. The van der Waals surface area contributed by atoms with Gasteiger partial charge in [0.1, 0.15) is 11.4 Å². The molecule has 1 saturated heterocycles. The van der Waals surface area contributed by atoms with Crippen LogP contribution in [0.3, 0.4) is 0 Å². The van der Waals surface area contributed by atoms with Gasteiger partial charge in [0.15, 0.2) is 0 Å². The SMILES string of the molecule is CC(C)(C)OC(=O)N1CCC(c2nc(C(=O)O)n[nH]2)C1. The van der Waals surface area contributed by atoms with Crippen molar-refractivity contribution >= 4 is 12.1 Å². The van der Waals surface area contributed by atoms with Crippen molar-refractivity contribution in [2.24, 2.45) is 0 Å². The number of nitrogens with zero attached hydrogens (tertiary/aromatic N) is 3. The molecular formula is C12H18N4O4. The zero-order valence-corrected chi connectivity index (χ0v) is 11.7. The summed E-state index contributed by atoms with van der Waals surface area (Å²) in [6, 6.07) is 0. The molecule has 8 heteroatoms. The van der Waals surface area contributed by atoms with Crippen molar-refractivity contribution in [1.82, 2.24) is 20.1 Å². The van der Waals surface area contributed by atoms with Gasteiger partial charge in [-0.15, -0.1) is 5.10 Å². The predicted molar refractivity (Wildman–Crippen MR) is 68.5 cm³/mol. The van der Waals surface area contributed by atoms with E-state index in [-0.39, 0.29) is 17.8 Å². The molecule has 1 amide bonds. The number of carbonyl (C=O) groups is 2. The highest BCUT2D eigenvalue weighted by atomic mass is 16.6. The highest BCUT2D eigenvalue weighted by Gasteiger charge is 2.32. The van der Waals surface area contributed by atoms with E-state index in [0.29, 0.717) is 25.3 Å². The average molecular weight is 282 g/mol. The normalized spacial score (nSPS) is 19.1. The van der Waals surface area contributed by atoms with Crippen LogP contribution in [-0.4, -0.2) is 55.9 Å². The number of carbonyl (C=O) groups excluding carboxylic acids is 1. The Morgan fingerprint density at radius 3 is 2.70 bits per heavy atom. The van der Waals surface area contributed by atoms with Crippen molar-refractivity contribution in [2.75, 3.05) is 13.1 Å². The molecule has 2 rings (SSSR count). The first-order valence-electron chi connectivity index (χ1n) is 6.40. The number of aromatic carboxylic acids is 1. The van der Waals surface area contributed by atoms with E-state index in [1.807, 2.05) is 20.8 Å². The molecule has 1 unspecified atom stereocenters. The molecule has 20 heavy (non-hydrogen) atoms. The Hall–Kier alpha value is -2.12. The predicted octanol–water partition coefficient (Wildman–Crippen LogP) is 1.23. The van der Waals surface area contributed by atoms with Crippen LogP contribution in [0.4, 0.5) is 4.79 Å². The third kappa shape index (κ3) is 3.25. The maximum Gasteiger partial charge on any atom is 0.410 e. The van der Waals surface area contributed by atoms with Gasteiger partial charge in [0.25, 0.3) is 5.82 Å². The van der Waals surface area contributed by atoms with Crippen molar-refractivity contribution in [3.63, 3.8) is 0 Å². The molecular weight excluding hydrogens is 264 g/mol. The molecule has 0 aromatic carbocycles. The van der Waals surface area contributed by atoms with Crippen LogP contribution in [0.1, 0.15) is 49.6 Å². The minimum Gasteiger partial charge on any atom is -0.475 e. The van der Waals surface area contributed by atoms with Gasteiger partial charge in [-0.2, -0.15) is 0 Å². The number of ether oxygens (including phenoxy) is 1. The largest absolute Gasteiger partial charge is 0.475 e. The van der Waals surface area contributed by atoms with Gasteiger partial charge in [-0.25, -0.2) is 14.6 Å². The van der Waals surface area contributed by atoms with E-state index in [1.165, 1.54) is 0 Å². The summed E-state index contributed by atoms with van der Waals surface area (Å²) in [5, 5.41) is 15.0. The minimum absolute atomic E-state index is 0.0388. The smallest absolute Gasteiger partial charge is 0.410 e. The Labute approximate surface area is 116 Å². The molecule has 0 aliphatic carbocycles. The Morgan fingerprint density at radius 2 is 2.15 bits per heavy atom. The van der Waals surface area contributed by atoms with E-state index in [4.69, 9.17) is 9.84 Å². The zero-order chi connectivity index (χ0) is 14.9. The summed E-state index contributed by atoms with van der Waals surface area (Å²) in [7, 11) is 0. The topological polar surface area (TPSA) is 108 Å². The summed E-state index contributed by atoms with van der Waals surface area (Å²) in [4.78, 5) is 28.2. The number of H-pyrrole nitrogens is 1. The molecule has 0 saturated carbocycles. The zero-order valence-electron chi connectivity index (χ0n) is 11.7. The third-order valence-electron chi connectivity index (χ3n) is 2.92. The first-order valence-corrected chi connectivity index (χ1v) is 6.40. The van der Waals surface area contributed by atoms with Crippen molar-refractivity contribution in [3.05, 3.63) is 11.6 Å². The van der Waals surface area contributed by atoms with Gasteiger partial charge in [-0.05, 0) is 27.2 Å². The molecule has 0 bridgehead atoms. The first-order chi connectivity index (χ1) is 9.26. The molecule has 8 nitrogen and oxygen atoms in total. The summed E-state index contributed by atoms with van der Waals surface area (Å²) in [6.45, 7) is 6.45. The molecule has 2 heterocycles. The van der Waals surface area contributed by atoms with Crippen LogP contribution < -0.4 is 0 Å². The van der Waals surface area contributed by atoms with Crippen molar-refractivity contribution in [2.45, 2.75) is 38.7 Å². The fourth-order valence-electron chi connectivity index (χ4n) is 2.03. The maximum atomic E-state index is 11.9. The van der Waals surface area contributed by atoms with Gasteiger partial charge in [0.2, 0.25) is 0 Å². The molecule has 1 fully saturated rings. The lowest BCUT2D eigenvalue weighted by Gasteiger charge is -2.24. The third-order valence-corrected chi connectivity index (χ3v) is 2.92. The Balaban J connectivity index is 1.98. The molecule has 110 valence electrons. The monoisotopic (exact) mass is 282 g/mol. The van der Waals surface area contributed by atoms with Crippen LogP contribution in [0, 0.1) is 0 Å². The van der Waals surface area contributed by atoms with Gasteiger partial charge >= 0.3 is 12.1 Å². The van der Waals surface area contributed by atoms with E-state index in [1.54, 1.807) is 4.90 Å². The molecule has 1 aliphatic rings. The lowest BCUT2D eigenvalue weighted by Crippen LogP contribution is -2.35. The number of aromatic nitrogens is 3. The highest BCUT2D eigenvalue weighted by Crippen LogP contribution is 2.25. The number of aromatic amines is 1. The molecule has 0 spiro atoms. The van der Waals surface area contributed by atoms with Crippen molar-refractivity contribution in [3.8, 4) is 0 Å². The summed E-state index contributed by atoms with van der Waals surface area (Å²) in [5.41, 5.74) is -0.530. The lowest BCUT2D eigenvalue weighted by molar-refractivity contribution is 0.0292. The molecule has 1 aromatic heterocycles. The van der Waals surface area contributed by atoms with Crippen LogP contribution in [-0.2, 0) is 4.74 Å². The Bertz CT molecular complexity index is 520. The van der Waals surface area contributed by atoms with Crippen LogP contribution >= 0.6 is 0 Å². The van der Waals surface area contributed by atoms with Gasteiger partial charge in [0.05, 0.1) is 0 Å². The van der Waals surface area contributed by atoms with E-state index in [2.05, 4.69) is 15.2 Å². The average Bonchev–Trinajstić information content (AvgIpc) is 2.95. The number of nitrogens with one attached hydrogen (secondary N) is 1. The van der Waals surface area contributed by atoms with Gasteiger partial charge in [-0.3, -0.25) is 5.10 Å². The minimum atomic E-state index is -1.17. The standard InChI is InChI=1S/C12H18N4O4/c1-12(2,3)20-11(19)16-5-4-7(6-16)8-13-9(10(17)18)15-14-8/h7H,4-6H2,1-3H3,(H,17,18)(H,13,14,15). The summed E-state index contributed by atoms with van der Waals surface area (Å²) >= 11 is 0. The van der Waals surface area contributed by atoms with Crippen LogP contribution in [0.15, 0.2) is 0 Å². The second-order valence-electron chi connectivity index (χ2n) is 5.76. The molecule has 1 aliphatic heterocycles. The second-order valence-corrected chi connectivity index (χ2v) is 5.76. The molecule has 1 aromatic rings. The highest BCUT2D eigenvalue weighted by molar-refractivity contribution is 5.82. The first kappa shape index (κ1) is 14.3. The number of hydrogen-bond donors (Lipinski definition) is 2. The van der Waals surface area contributed by atoms with Gasteiger partial charge < -0.3 is 14.7 Å². The number of amides is 1. The summed E-state index contributed by atoms with van der Waals surface area (Å²) in [6.07, 6.45) is 0.339. The van der Waals surface area contributed by atoms with Crippen LogP contribution in [0.5, 0.6) is 0 Å². The molecule has 1 atom stereocenters. The van der Waals surface area contributed by atoms with E-state index >= 15 is 0 Å². The second kappa shape index (κ2) is 5.10. The Morgan fingerprint density at radius 1 is 1.45 bits per heavy atom.